The van der Waals surface area contributed by atoms with Crippen molar-refractivity contribution in [1.82, 2.24) is 4.72 Å². The van der Waals surface area contributed by atoms with E-state index in [1.54, 1.807) is 20.8 Å². The van der Waals surface area contributed by atoms with Gasteiger partial charge in [0.15, 0.2) is 0 Å². The summed E-state index contributed by atoms with van der Waals surface area (Å²) in [6.45, 7) is 6.51. The smallest absolute Gasteiger partial charge is 0.424 e. The van der Waals surface area contributed by atoms with Gasteiger partial charge in [0.1, 0.15) is 0 Å². The highest BCUT2D eigenvalue weighted by atomic mass is 32.2. The zero-order valence-corrected chi connectivity index (χ0v) is 10.9. The zero-order valence-electron chi connectivity index (χ0n) is 10.1. The van der Waals surface area contributed by atoms with E-state index in [0.29, 0.717) is 19.6 Å². The molecule has 0 radical (unpaired) electrons. The Morgan fingerprint density at radius 1 is 1.19 bits per heavy atom. The minimum atomic E-state index is -3.73. The Hall–Kier alpha value is -0.860. The average Bonchev–Trinajstić information content (AvgIpc) is 2.20. The second-order valence-electron chi connectivity index (χ2n) is 3.08. The van der Waals surface area contributed by atoms with Crippen LogP contribution < -0.4 is 4.72 Å². The van der Waals surface area contributed by atoms with Crippen molar-refractivity contribution in [3.8, 4) is 0 Å². The molecule has 0 aromatic heterocycles. The quantitative estimate of drug-likeness (QED) is 0.679. The van der Waals surface area contributed by atoms with Crippen molar-refractivity contribution < 1.29 is 27.3 Å². The van der Waals surface area contributed by atoms with Crippen LogP contribution in [0.1, 0.15) is 20.8 Å². The normalized spacial score (nSPS) is 11.5. The van der Waals surface area contributed by atoms with Crippen LogP contribution in [0.5, 0.6) is 0 Å². The Labute approximate surface area is 96.5 Å². The van der Waals surface area contributed by atoms with Crippen molar-refractivity contribution in [2.45, 2.75) is 20.8 Å². The van der Waals surface area contributed by atoms with Crippen LogP contribution in [0.2, 0.25) is 0 Å². The van der Waals surface area contributed by atoms with E-state index in [1.807, 2.05) is 4.72 Å². The number of hydrogen-bond donors (Lipinski definition) is 1. The molecule has 7 nitrogen and oxygen atoms in total. The molecule has 0 fully saturated rings. The lowest BCUT2D eigenvalue weighted by Gasteiger charge is -2.32. The standard InChI is InChI=1S/C8H18N2O4S.H2O/c1-5-10(6-2,7-3)15(12,13)9-8(11)14-4;/h5-7H2,1-4H3;1H2/p+1. The second-order valence-corrected chi connectivity index (χ2v) is 5.00. The maximum Gasteiger partial charge on any atom is 0.424 e. The molecule has 0 heterocycles. The van der Waals surface area contributed by atoms with E-state index in [9.17, 15) is 13.2 Å². The molecule has 0 aromatic rings. The van der Waals surface area contributed by atoms with Crippen LogP contribution in [-0.2, 0) is 14.9 Å². The van der Waals surface area contributed by atoms with Crippen LogP contribution in [0.15, 0.2) is 0 Å². The number of methoxy groups -OCH3 is 1. The summed E-state index contributed by atoms with van der Waals surface area (Å²) in [5, 5.41) is 0. The van der Waals surface area contributed by atoms with Gasteiger partial charge in [-0.3, -0.25) is 0 Å². The number of nitrogens with one attached hydrogen (secondary N) is 1. The fourth-order valence-corrected chi connectivity index (χ4v) is 2.93. The van der Waals surface area contributed by atoms with E-state index in [4.69, 9.17) is 0 Å². The number of carbonyl (C=O) groups is 1. The van der Waals surface area contributed by atoms with Gasteiger partial charge < -0.3 is 10.2 Å². The van der Waals surface area contributed by atoms with Gasteiger partial charge in [-0.1, -0.05) is 0 Å². The van der Waals surface area contributed by atoms with E-state index >= 15 is 0 Å². The Morgan fingerprint density at radius 3 is 1.81 bits per heavy atom. The van der Waals surface area contributed by atoms with Crippen molar-refractivity contribution >= 4 is 16.3 Å². The molecule has 16 heavy (non-hydrogen) atoms. The van der Waals surface area contributed by atoms with Crippen LogP contribution in [0.3, 0.4) is 0 Å². The van der Waals surface area contributed by atoms with Crippen LogP contribution in [0.25, 0.3) is 0 Å². The van der Waals surface area contributed by atoms with Crippen LogP contribution in [0.4, 0.5) is 4.79 Å². The van der Waals surface area contributed by atoms with Gasteiger partial charge in [-0.2, -0.15) is 13.1 Å². The zero-order chi connectivity index (χ0) is 12.1. The molecule has 0 saturated heterocycles. The molecule has 8 heteroatoms. The molecular weight excluding hydrogens is 236 g/mol. The summed E-state index contributed by atoms with van der Waals surface area (Å²) in [5.41, 5.74) is 0. The fraction of sp³-hybridized carbons (Fsp3) is 0.875. The first-order valence-corrected chi connectivity index (χ1v) is 6.30. The van der Waals surface area contributed by atoms with Crippen LogP contribution >= 0.6 is 0 Å². The molecule has 0 bridgehead atoms. The summed E-state index contributed by atoms with van der Waals surface area (Å²) in [7, 11) is -2.60. The molecule has 0 spiro atoms. The number of amides is 1. The largest absolute Gasteiger partial charge is 0.452 e. The Morgan fingerprint density at radius 2 is 1.56 bits per heavy atom. The highest BCUT2D eigenvalue weighted by Gasteiger charge is 2.38. The van der Waals surface area contributed by atoms with Gasteiger partial charge in [-0.05, 0) is 20.8 Å². The summed E-state index contributed by atoms with van der Waals surface area (Å²) in [4.78, 5) is 10.9. The van der Waals surface area contributed by atoms with Crippen molar-refractivity contribution in [2.75, 3.05) is 26.7 Å². The van der Waals surface area contributed by atoms with E-state index in [1.165, 1.54) is 0 Å². The lowest BCUT2D eigenvalue weighted by atomic mass is 10.5. The molecule has 0 aliphatic rings. The molecule has 3 N–H and O–H groups in total. The maximum absolute atomic E-state index is 11.9. The first-order chi connectivity index (χ1) is 6.89. The van der Waals surface area contributed by atoms with Gasteiger partial charge >= 0.3 is 16.3 Å². The van der Waals surface area contributed by atoms with E-state index in [0.717, 1.165) is 7.11 Å². The van der Waals surface area contributed by atoms with Gasteiger partial charge in [0.25, 0.3) is 0 Å². The SMILES string of the molecule is CC[N+](CC)(CC)S(=O)(=O)NC(=O)OC.O. The first kappa shape index (κ1) is 17.5. The molecule has 0 rings (SSSR count). The summed E-state index contributed by atoms with van der Waals surface area (Å²) < 4.78 is 29.7. The lowest BCUT2D eigenvalue weighted by Crippen LogP contribution is -2.58. The number of hydrogen-bond acceptors (Lipinski definition) is 4. The minimum Gasteiger partial charge on any atom is -0.452 e. The van der Waals surface area contributed by atoms with E-state index in [2.05, 4.69) is 4.74 Å². The first-order valence-electron chi connectivity index (χ1n) is 4.86. The third-order valence-corrected chi connectivity index (χ3v) is 4.86. The molecule has 1 amide bonds. The predicted molar refractivity (Wildman–Crippen MR) is 60.0 cm³/mol. The average molecular weight is 257 g/mol. The molecule has 0 saturated carbocycles. The summed E-state index contributed by atoms with van der Waals surface area (Å²) in [6.07, 6.45) is -0.951. The fourth-order valence-electron chi connectivity index (χ4n) is 1.42. The number of carbonyl (C=O) groups excluding carboxylic acids is 1. The molecule has 0 aromatic carbocycles. The third kappa shape index (κ3) is 3.32. The molecule has 98 valence electrons. The van der Waals surface area contributed by atoms with Gasteiger partial charge in [0, 0.05) is 0 Å². The molecule has 0 atom stereocenters. The topological polar surface area (TPSA) is 104 Å². The highest BCUT2D eigenvalue weighted by Crippen LogP contribution is 2.12. The van der Waals surface area contributed by atoms with Crippen LogP contribution in [-0.4, -0.2) is 50.6 Å². The Balaban J connectivity index is 0. The van der Waals surface area contributed by atoms with E-state index < -0.39 is 16.3 Å². The Bertz CT molecular complexity index is 302. The van der Waals surface area contributed by atoms with E-state index in [-0.39, 0.29) is 9.36 Å². The van der Waals surface area contributed by atoms with Gasteiger partial charge in [0.05, 0.1) is 26.7 Å². The van der Waals surface area contributed by atoms with Crippen molar-refractivity contribution in [3.63, 3.8) is 0 Å². The molecule has 0 aliphatic carbocycles. The summed E-state index contributed by atoms with van der Waals surface area (Å²) in [5.74, 6) is 0. The van der Waals surface area contributed by atoms with Gasteiger partial charge in [-0.15, -0.1) is 0 Å². The van der Waals surface area contributed by atoms with Crippen molar-refractivity contribution in [1.29, 1.82) is 0 Å². The van der Waals surface area contributed by atoms with Gasteiger partial charge in [0.2, 0.25) is 0 Å². The maximum atomic E-state index is 11.9. The number of rotatable bonds is 5. The third-order valence-electron chi connectivity index (χ3n) is 2.64. The minimum absolute atomic E-state index is 0. The van der Waals surface area contributed by atoms with Crippen molar-refractivity contribution in [3.05, 3.63) is 0 Å². The number of nitrogens with zero attached hydrogens (tertiary/aromatic N) is 1. The Kier molecular flexibility index (Phi) is 7.30. The summed E-state index contributed by atoms with van der Waals surface area (Å²) in [6, 6.07) is 0. The summed E-state index contributed by atoms with van der Waals surface area (Å²) >= 11 is 0. The van der Waals surface area contributed by atoms with Crippen molar-refractivity contribution in [2.24, 2.45) is 0 Å². The monoisotopic (exact) mass is 257 g/mol. The lowest BCUT2D eigenvalue weighted by molar-refractivity contribution is -0.801. The molecular formula is C8H21N2O5S+. The number of quaternary nitrogens is 1. The van der Waals surface area contributed by atoms with Crippen LogP contribution in [0, 0.1) is 0 Å². The molecule has 0 unspecified atom stereocenters. The van der Waals surface area contributed by atoms with Gasteiger partial charge in [-0.25, -0.2) is 8.68 Å². The predicted octanol–water partition coefficient (Wildman–Crippen LogP) is -0.361. The highest BCUT2D eigenvalue weighted by molar-refractivity contribution is 7.84. The number of ether oxygens (including phenoxy) is 1. The second kappa shape index (κ2) is 6.66. The molecule has 0 aliphatic heterocycles.